The number of fused-ring (bicyclic) bond motifs is 1. The Bertz CT molecular complexity index is 737. The van der Waals surface area contributed by atoms with Crippen LogP contribution in [0.3, 0.4) is 0 Å². The van der Waals surface area contributed by atoms with Crippen molar-refractivity contribution in [2.24, 2.45) is 0 Å². The van der Waals surface area contributed by atoms with Crippen LogP contribution in [0.4, 0.5) is 0 Å². The molecule has 2 nitrogen and oxygen atoms in total. The largest absolute Gasteiger partial charge is 0.372 e. The molecule has 3 rings (SSSR count). The van der Waals surface area contributed by atoms with Crippen LogP contribution in [0.25, 0.3) is 22.0 Å². The maximum absolute atomic E-state index is 5.71. The van der Waals surface area contributed by atoms with Gasteiger partial charge in [-0.25, -0.2) is 0 Å². The molecule has 21 heavy (non-hydrogen) atoms. The summed E-state index contributed by atoms with van der Waals surface area (Å²) < 4.78 is 5.71. The lowest BCUT2D eigenvalue weighted by atomic mass is 9.99. The summed E-state index contributed by atoms with van der Waals surface area (Å²) in [4.78, 5) is 4.75. The average Bonchev–Trinajstić information content (AvgIpc) is 2.55. The Balaban J connectivity index is 2.21. The number of nitrogens with zero attached hydrogens (tertiary/aromatic N) is 1. The van der Waals surface area contributed by atoms with Crippen molar-refractivity contribution in [2.75, 3.05) is 6.61 Å². The number of ether oxygens (including phenoxy) is 1. The zero-order valence-electron chi connectivity index (χ0n) is 12.4. The Hall–Kier alpha value is -2.19. The van der Waals surface area contributed by atoms with E-state index in [9.17, 15) is 0 Å². The molecule has 0 spiro atoms. The molecule has 0 aliphatic carbocycles. The van der Waals surface area contributed by atoms with E-state index in [1.165, 1.54) is 16.5 Å². The molecule has 0 aliphatic rings. The van der Waals surface area contributed by atoms with Gasteiger partial charge < -0.3 is 4.74 Å². The maximum Gasteiger partial charge on any atom is 0.0966 e. The van der Waals surface area contributed by atoms with E-state index in [0.717, 1.165) is 11.2 Å². The average molecular weight is 277 g/mol. The summed E-state index contributed by atoms with van der Waals surface area (Å²) >= 11 is 0. The first-order valence-corrected chi connectivity index (χ1v) is 7.36. The highest BCUT2D eigenvalue weighted by Gasteiger charge is 2.12. The Morgan fingerprint density at radius 3 is 2.48 bits per heavy atom. The molecule has 0 saturated heterocycles. The molecule has 0 saturated carbocycles. The van der Waals surface area contributed by atoms with E-state index >= 15 is 0 Å². The minimum Gasteiger partial charge on any atom is -0.372 e. The van der Waals surface area contributed by atoms with Gasteiger partial charge in [-0.3, -0.25) is 4.98 Å². The van der Waals surface area contributed by atoms with Gasteiger partial charge >= 0.3 is 0 Å². The minimum absolute atomic E-state index is 0.00192. The van der Waals surface area contributed by atoms with Gasteiger partial charge in [-0.2, -0.15) is 0 Å². The minimum atomic E-state index is 0.00192. The second-order valence-corrected chi connectivity index (χ2v) is 5.08. The van der Waals surface area contributed by atoms with Gasteiger partial charge in [0, 0.05) is 12.0 Å². The molecule has 2 heteroatoms. The second kappa shape index (κ2) is 6.06. The quantitative estimate of drug-likeness (QED) is 0.669. The van der Waals surface area contributed by atoms with Gasteiger partial charge in [0.2, 0.25) is 0 Å². The number of para-hydroxylation sites is 1. The smallest absolute Gasteiger partial charge is 0.0966 e. The predicted octanol–water partition coefficient (Wildman–Crippen LogP) is 5.00. The number of rotatable bonds is 4. The molecule has 0 aliphatic heterocycles. The summed E-state index contributed by atoms with van der Waals surface area (Å²) in [6, 6.07) is 20.9. The molecule has 1 unspecified atom stereocenters. The molecule has 106 valence electrons. The van der Waals surface area contributed by atoms with Crippen molar-refractivity contribution in [1.82, 2.24) is 4.98 Å². The fourth-order valence-corrected chi connectivity index (χ4v) is 2.60. The molecule has 0 bridgehead atoms. The van der Waals surface area contributed by atoms with Crippen LogP contribution < -0.4 is 0 Å². The summed E-state index contributed by atoms with van der Waals surface area (Å²) in [6.07, 6.45) is 0.00192. The van der Waals surface area contributed by atoms with E-state index in [2.05, 4.69) is 55.5 Å². The van der Waals surface area contributed by atoms with E-state index in [0.29, 0.717) is 6.61 Å². The van der Waals surface area contributed by atoms with Crippen LogP contribution >= 0.6 is 0 Å². The Kier molecular flexibility index (Phi) is 3.98. The van der Waals surface area contributed by atoms with E-state index in [1.54, 1.807) is 0 Å². The van der Waals surface area contributed by atoms with Gasteiger partial charge in [-0.1, -0.05) is 48.5 Å². The fraction of sp³-hybridized carbons (Fsp3) is 0.211. The van der Waals surface area contributed by atoms with Crippen molar-refractivity contribution in [3.8, 4) is 11.1 Å². The van der Waals surface area contributed by atoms with Gasteiger partial charge in [0.15, 0.2) is 0 Å². The van der Waals surface area contributed by atoms with Gasteiger partial charge in [0.25, 0.3) is 0 Å². The van der Waals surface area contributed by atoms with Crippen molar-refractivity contribution in [1.29, 1.82) is 0 Å². The van der Waals surface area contributed by atoms with Gasteiger partial charge in [0.05, 0.1) is 17.3 Å². The number of pyridine rings is 1. The molecule has 0 radical (unpaired) electrons. The van der Waals surface area contributed by atoms with E-state index in [1.807, 2.05) is 19.1 Å². The maximum atomic E-state index is 5.71. The van der Waals surface area contributed by atoms with Crippen molar-refractivity contribution in [3.05, 3.63) is 66.4 Å². The van der Waals surface area contributed by atoms with Crippen LogP contribution in [-0.4, -0.2) is 11.6 Å². The third-order valence-corrected chi connectivity index (χ3v) is 3.65. The summed E-state index contributed by atoms with van der Waals surface area (Å²) in [5.41, 5.74) is 4.42. The molecular weight excluding hydrogens is 258 g/mol. The van der Waals surface area contributed by atoms with Gasteiger partial charge in [0.1, 0.15) is 0 Å². The standard InChI is InChI=1S/C19H19NO/c1-3-21-14(2)19-13-17(15-9-5-4-6-10-15)16-11-7-8-12-18(16)20-19/h4-14H,3H2,1-2H3. The van der Waals surface area contributed by atoms with Gasteiger partial charge in [-0.05, 0) is 37.1 Å². The lowest BCUT2D eigenvalue weighted by Gasteiger charge is -2.15. The molecular formula is C19H19NO. The number of hydrogen-bond acceptors (Lipinski definition) is 2. The first-order chi connectivity index (χ1) is 10.3. The highest BCUT2D eigenvalue weighted by molar-refractivity contribution is 5.94. The van der Waals surface area contributed by atoms with Crippen LogP contribution in [0.2, 0.25) is 0 Å². The molecule has 2 aromatic carbocycles. The summed E-state index contributed by atoms with van der Waals surface area (Å²) in [5, 5.41) is 1.18. The van der Waals surface area contributed by atoms with E-state index < -0.39 is 0 Å². The fourth-order valence-electron chi connectivity index (χ4n) is 2.60. The van der Waals surface area contributed by atoms with Crippen molar-refractivity contribution < 1.29 is 4.74 Å². The number of benzene rings is 2. The van der Waals surface area contributed by atoms with Crippen LogP contribution in [-0.2, 0) is 4.74 Å². The normalized spacial score (nSPS) is 12.5. The third kappa shape index (κ3) is 2.81. The summed E-state index contributed by atoms with van der Waals surface area (Å²) in [5.74, 6) is 0. The summed E-state index contributed by atoms with van der Waals surface area (Å²) in [6.45, 7) is 4.75. The Labute approximate surface area is 125 Å². The van der Waals surface area contributed by atoms with Crippen LogP contribution in [0, 0.1) is 0 Å². The van der Waals surface area contributed by atoms with Crippen LogP contribution in [0.5, 0.6) is 0 Å². The first-order valence-electron chi connectivity index (χ1n) is 7.36. The lowest BCUT2D eigenvalue weighted by molar-refractivity contribution is 0.0736. The van der Waals surface area contributed by atoms with Crippen molar-refractivity contribution in [3.63, 3.8) is 0 Å². The van der Waals surface area contributed by atoms with E-state index in [4.69, 9.17) is 9.72 Å². The monoisotopic (exact) mass is 277 g/mol. The second-order valence-electron chi connectivity index (χ2n) is 5.08. The molecule has 1 heterocycles. The molecule has 0 amide bonds. The highest BCUT2D eigenvalue weighted by atomic mass is 16.5. The topological polar surface area (TPSA) is 22.1 Å². The molecule has 0 N–H and O–H groups in total. The zero-order valence-corrected chi connectivity index (χ0v) is 12.4. The lowest BCUT2D eigenvalue weighted by Crippen LogP contribution is -2.03. The SMILES string of the molecule is CCOC(C)c1cc(-c2ccccc2)c2ccccc2n1. The molecule has 1 aromatic heterocycles. The van der Waals surface area contributed by atoms with Crippen LogP contribution in [0.1, 0.15) is 25.6 Å². The van der Waals surface area contributed by atoms with Gasteiger partial charge in [-0.15, -0.1) is 0 Å². The number of aromatic nitrogens is 1. The van der Waals surface area contributed by atoms with Crippen LogP contribution in [0.15, 0.2) is 60.7 Å². The summed E-state index contributed by atoms with van der Waals surface area (Å²) in [7, 11) is 0. The highest BCUT2D eigenvalue weighted by Crippen LogP contribution is 2.30. The van der Waals surface area contributed by atoms with Crippen molar-refractivity contribution >= 4 is 10.9 Å². The number of hydrogen-bond donors (Lipinski definition) is 0. The molecule has 1 atom stereocenters. The zero-order chi connectivity index (χ0) is 14.7. The molecule has 3 aromatic rings. The third-order valence-electron chi connectivity index (χ3n) is 3.65. The Morgan fingerprint density at radius 1 is 1.00 bits per heavy atom. The van der Waals surface area contributed by atoms with E-state index in [-0.39, 0.29) is 6.10 Å². The molecule has 0 fully saturated rings. The first kappa shape index (κ1) is 13.8. The van der Waals surface area contributed by atoms with Crippen molar-refractivity contribution in [2.45, 2.75) is 20.0 Å². The predicted molar refractivity (Wildman–Crippen MR) is 87.2 cm³/mol. The Morgan fingerprint density at radius 2 is 1.71 bits per heavy atom.